The van der Waals surface area contributed by atoms with E-state index in [1.807, 2.05) is 18.2 Å². The van der Waals surface area contributed by atoms with Gasteiger partial charge in [0, 0.05) is 6.54 Å². The van der Waals surface area contributed by atoms with Crippen LogP contribution in [0.3, 0.4) is 0 Å². The largest absolute Gasteiger partial charge is 0.383 e. The minimum absolute atomic E-state index is 0.333. The second-order valence-corrected chi connectivity index (χ2v) is 7.39. The molecule has 0 spiro atoms. The Balaban J connectivity index is 1.45. The van der Waals surface area contributed by atoms with Gasteiger partial charge in [-0.15, -0.1) is 15.3 Å². The Bertz CT molecular complexity index is 1190. The van der Waals surface area contributed by atoms with Gasteiger partial charge in [0.2, 0.25) is 0 Å². The second-order valence-electron chi connectivity index (χ2n) is 7.39. The van der Waals surface area contributed by atoms with E-state index in [4.69, 9.17) is 0 Å². The molecule has 1 unspecified atom stereocenters. The van der Waals surface area contributed by atoms with Gasteiger partial charge in [0.25, 0.3) is 0 Å². The van der Waals surface area contributed by atoms with Gasteiger partial charge in [0.05, 0.1) is 5.56 Å². The van der Waals surface area contributed by atoms with Crippen LogP contribution in [0.1, 0.15) is 24.0 Å². The maximum absolute atomic E-state index is 14.2. The molecule has 0 saturated carbocycles. The average molecular weight is 389 g/mol. The number of rotatable bonds is 4. The molecule has 1 aliphatic rings. The fraction of sp³-hybridized carbons (Fsp3) is 0.227. The number of nitrogens with one attached hydrogen (secondary N) is 1. The number of benzene rings is 2. The molecule has 1 atom stereocenters. The standard InChI is InChI=1S/C22H20FN5O/c23-18-10-4-2-8-16(18)21-26-25-20-12-11-19(27-28(20)21)24-14-22(29)13-5-7-15-6-1-3-9-17(15)22/h1-4,6,8-12,29H,5,7,13-14H2,(H,24,27). The lowest BCUT2D eigenvalue weighted by atomic mass is 9.79. The van der Waals surface area contributed by atoms with Gasteiger partial charge in [0.1, 0.15) is 17.2 Å². The van der Waals surface area contributed by atoms with Crippen LogP contribution in [0, 0.1) is 5.82 Å². The van der Waals surface area contributed by atoms with Gasteiger partial charge in [-0.25, -0.2) is 4.39 Å². The first-order chi connectivity index (χ1) is 14.1. The minimum Gasteiger partial charge on any atom is -0.383 e. The van der Waals surface area contributed by atoms with E-state index in [1.54, 1.807) is 30.3 Å². The Hall–Kier alpha value is -3.32. The third kappa shape index (κ3) is 3.13. The SMILES string of the molecule is OC1(CNc2ccc3nnc(-c4ccccc4F)n3n2)CCCc2ccccc21. The molecule has 146 valence electrons. The first-order valence-electron chi connectivity index (χ1n) is 9.66. The highest BCUT2D eigenvalue weighted by Gasteiger charge is 2.34. The number of anilines is 1. The summed E-state index contributed by atoms with van der Waals surface area (Å²) < 4.78 is 15.7. The fourth-order valence-electron chi connectivity index (χ4n) is 4.01. The summed E-state index contributed by atoms with van der Waals surface area (Å²) in [5.74, 6) is 0.518. The maximum Gasteiger partial charge on any atom is 0.188 e. The second kappa shape index (κ2) is 6.93. The highest BCUT2D eigenvalue weighted by molar-refractivity contribution is 5.60. The normalized spacial score (nSPS) is 18.6. The third-order valence-corrected chi connectivity index (χ3v) is 5.49. The highest BCUT2D eigenvalue weighted by atomic mass is 19.1. The summed E-state index contributed by atoms with van der Waals surface area (Å²) >= 11 is 0. The molecule has 0 fully saturated rings. The molecule has 7 heteroatoms. The van der Waals surface area contributed by atoms with Crippen LogP contribution in [-0.2, 0) is 12.0 Å². The predicted octanol–water partition coefficient (Wildman–Crippen LogP) is 3.57. The molecule has 0 saturated heterocycles. The molecular weight excluding hydrogens is 369 g/mol. The van der Waals surface area contributed by atoms with Crippen molar-refractivity contribution in [1.82, 2.24) is 19.8 Å². The fourth-order valence-corrected chi connectivity index (χ4v) is 4.01. The van der Waals surface area contributed by atoms with E-state index in [-0.39, 0.29) is 5.82 Å². The van der Waals surface area contributed by atoms with Crippen LogP contribution in [-0.4, -0.2) is 31.5 Å². The summed E-state index contributed by atoms with van der Waals surface area (Å²) in [5, 5.41) is 27.2. The Morgan fingerprint density at radius 2 is 1.86 bits per heavy atom. The Kier molecular flexibility index (Phi) is 4.24. The van der Waals surface area contributed by atoms with Crippen LogP contribution < -0.4 is 5.32 Å². The Labute approximate surface area is 167 Å². The van der Waals surface area contributed by atoms with Crippen molar-refractivity contribution in [3.8, 4) is 11.4 Å². The van der Waals surface area contributed by atoms with Crippen molar-refractivity contribution in [2.75, 3.05) is 11.9 Å². The molecule has 2 N–H and O–H groups in total. The van der Waals surface area contributed by atoms with E-state index < -0.39 is 5.60 Å². The molecule has 2 heterocycles. The van der Waals surface area contributed by atoms with Crippen LogP contribution in [0.4, 0.5) is 10.2 Å². The highest BCUT2D eigenvalue weighted by Crippen LogP contribution is 2.35. The number of aliphatic hydroxyl groups is 1. The monoisotopic (exact) mass is 389 g/mol. The number of hydrogen-bond acceptors (Lipinski definition) is 5. The van der Waals surface area contributed by atoms with Gasteiger partial charge < -0.3 is 10.4 Å². The first-order valence-corrected chi connectivity index (χ1v) is 9.66. The van der Waals surface area contributed by atoms with E-state index in [1.165, 1.54) is 16.1 Å². The summed E-state index contributed by atoms with van der Waals surface area (Å²) in [6, 6.07) is 18.0. The lowest BCUT2D eigenvalue weighted by Gasteiger charge is -2.34. The van der Waals surface area contributed by atoms with Crippen LogP contribution in [0.2, 0.25) is 0 Å². The van der Waals surface area contributed by atoms with E-state index in [2.05, 4.69) is 26.7 Å². The molecule has 0 amide bonds. The van der Waals surface area contributed by atoms with Crippen molar-refractivity contribution < 1.29 is 9.50 Å². The minimum atomic E-state index is -0.951. The summed E-state index contributed by atoms with van der Waals surface area (Å²) in [6.45, 7) is 0.333. The van der Waals surface area contributed by atoms with Crippen LogP contribution in [0.25, 0.3) is 17.0 Å². The topological polar surface area (TPSA) is 75.3 Å². The molecule has 29 heavy (non-hydrogen) atoms. The van der Waals surface area contributed by atoms with E-state index in [0.717, 1.165) is 18.4 Å². The molecule has 1 aliphatic carbocycles. The maximum atomic E-state index is 14.2. The molecule has 0 radical (unpaired) electrons. The first kappa shape index (κ1) is 17.8. The van der Waals surface area contributed by atoms with Gasteiger partial charge in [-0.05, 0) is 54.7 Å². The molecule has 5 rings (SSSR count). The third-order valence-electron chi connectivity index (χ3n) is 5.49. The molecule has 4 aromatic rings. The number of aromatic nitrogens is 4. The zero-order valence-electron chi connectivity index (χ0n) is 15.7. The van der Waals surface area contributed by atoms with Gasteiger partial charge in [0.15, 0.2) is 11.5 Å². The summed E-state index contributed by atoms with van der Waals surface area (Å²) in [6.07, 6.45) is 2.60. The number of aryl methyl sites for hydroxylation is 1. The van der Waals surface area contributed by atoms with Crippen molar-refractivity contribution >= 4 is 11.5 Å². The molecular formula is C22H20FN5O. The summed E-state index contributed by atoms with van der Waals surface area (Å²) in [4.78, 5) is 0. The van der Waals surface area contributed by atoms with Crippen molar-refractivity contribution in [2.24, 2.45) is 0 Å². The number of hydrogen-bond donors (Lipinski definition) is 2. The van der Waals surface area contributed by atoms with Crippen molar-refractivity contribution in [3.05, 3.63) is 77.6 Å². The van der Waals surface area contributed by atoms with Crippen LogP contribution in [0.5, 0.6) is 0 Å². The quantitative estimate of drug-likeness (QED) is 0.558. The molecule has 2 aromatic heterocycles. The summed E-state index contributed by atoms with van der Waals surface area (Å²) in [7, 11) is 0. The van der Waals surface area contributed by atoms with E-state index in [9.17, 15) is 9.50 Å². The lowest BCUT2D eigenvalue weighted by molar-refractivity contribution is 0.0322. The van der Waals surface area contributed by atoms with Gasteiger partial charge in [-0.3, -0.25) is 0 Å². The number of fused-ring (bicyclic) bond motifs is 2. The Morgan fingerprint density at radius 3 is 2.76 bits per heavy atom. The van der Waals surface area contributed by atoms with Crippen molar-refractivity contribution in [2.45, 2.75) is 24.9 Å². The van der Waals surface area contributed by atoms with E-state index in [0.29, 0.717) is 35.8 Å². The number of halogens is 1. The lowest BCUT2D eigenvalue weighted by Crippen LogP contribution is -2.37. The zero-order valence-corrected chi connectivity index (χ0v) is 15.7. The molecule has 2 aromatic carbocycles. The average Bonchev–Trinajstić information content (AvgIpc) is 3.16. The van der Waals surface area contributed by atoms with Crippen molar-refractivity contribution in [1.29, 1.82) is 0 Å². The molecule has 0 aliphatic heterocycles. The zero-order chi connectivity index (χ0) is 19.8. The van der Waals surface area contributed by atoms with Crippen molar-refractivity contribution in [3.63, 3.8) is 0 Å². The van der Waals surface area contributed by atoms with Gasteiger partial charge in [-0.2, -0.15) is 4.52 Å². The van der Waals surface area contributed by atoms with Crippen LogP contribution >= 0.6 is 0 Å². The molecule has 6 nitrogen and oxygen atoms in total. The Morgan fingerprint density at radius 1 is 1.03 bits per heavy atom. The van der Waals surface area contributed by atoms with Crippen LogP contribution in [0.15, 0.2) is 60.7 Å². The molecule has 0 bridgehead atoms. The number of nitrogens with zero attached hydrogens (tertiary/aromatic N) is 4. The van der Waals surface area contributed by atoms with Gasteiger partial charge >= 0.3 is 0 Å². The smallest absolute Gasteiger partial charge is 0.188 e. The summed E-state index contributed by atoms with van der Waals surface area (Å²) in [5.41, 5.74) is 2.07. The van der Waals surface area contributed by atoms with E-state index >= 15 is 0 Å². The van der Waals surface area contributed by atoms with Gasteiger partial charge in [-0.1, -0.05) is 36.4 Å². The predicted molar refractivity (Wildman–Crippen MR) is 108 cm³/mol.